The molecule has 0 radical (unpaired) electrons. The molecule has 1 aromatic rings. The van der Waals surface area contributed by atoms with E-state index in [2.05, 4.69) is 22.4 Å². The van der Waals surface area contributed by atoms with Gasteiger partial charge in [-0.2, -0.15) is 5.10 Å². The van der Waals surface area contributed by atoms with Crippen LogP contribution < -0.4 is 16.5 Å². The Morgan fingerprint density at radius 3 is 2.90 bits per heavy atom. The number of hydrogen-bond acceptors (Lipinski definition) is 4. The molecule has 0 aromatic carbocycles. The van der Waals surface area contributed by atoms with Gasteiger partial charge < -0.3 is 15.5 Å². The summed E-state index contributed by atoms with van der Waals surface area (Å²) in [6, 6.07) is -0.722. The van der Waals surface area contributed by atoms with Crippen LogP contribution in [0.15, 0.2) is 22.2 Å². The zero-order chi connectivity index (χ0) is 15.4. The van der Waals surface area contributed by atoms with E-state index in [0.717, 1.165) is 24.0 Å². The first-order chi connectivity index (χ1) is 10.0. The molecule has 0 aliphatic heterocycles. The molecule has 7 heteroatoms. The minimum Gasteiger partial charge on any atom is -0.455 e. The molecule has 7 nitrogen and oxygen atoms in total. The molecular weight excluding hydrogens is 272 g/mol. The number of hydrazone groups is 1. The first-order valence-electron chi connectivity index (χ1n) is 6.68. The number of rotatable bonds is 4. The lowest BCUT2D eigenvalue weighted by atomic mass is 9.93. The van der Waals surface area contributed by atoms with Crippen molar-refractivity contribution in [2.24, 2.45) is 10.8 Å². The third kappa shape index (κ3) is 3.13. The van der Waals surface area contributed by atoms with Gasteiger partial charge in [0.05, 0.1) is 5.71 Å². The fraction of sp³-hybridized carbons (Fsp3) is 0.357. The molecule has 1 aliphatic rings. The number of urea groups is 1. The minimum absolute atomic E-state index is 0.274. The van der Waals surface area contributed by atoms with E-state index in [1.54, 1.807) is 13.0 Å². The lowest BCUT2D eigenvalue weighted by molar-refractivity contribution is 0.0927. The second-order valence-electron chi connectivity index (χ2n) is 4.74. The highest BCUT2D eigenvalue weighted by Crippen LogP contribution is 2.29. The SMILES string of the molecule is C=CCNC(=O)c1oc2c(c1C)/C(=N/NC(N)=O)CCC2. The monoisotopic (exact) mass is 290 g/mol. The topological polar surface area (TPSA) is 110 Å². The zero-order valence-corrected chi connectivity index (χ0v) is 11.9. The average Bonchev–Trinajstić information content (AvgIpc) is 2.80. The van der Waals surface area contributed by atoms with Crippen LogP contribution >= 0.6 is 0 Å². The van der Waals surface area contributed by atoms with Gasteiger partial charge in [0.25, 0.3) is 5.91 Å². The Bertz CT molecular complexity index is 616. The van der Waals surface area contributed by atoms with Crippen molar-refractivity contribution in [1.29, 1.82) is 0 Å². The van der Waals surface area contributed by atoms with E-state index < -0.39 is 6.03 Å². The van der Waals surface area contributed by atoms with Crippen molar-refractivity contribution in [1.82, 2.24) is 10.7 Å². The normalized spacial score (nSPS) is 15.4. The molecule has 0 spiro atoms. The first-order valence-corrected chi connectivity index (χ1v) is 6.68. The predicted molar refractivity (Wildman–Crippen MR) is 78.2 cm³/mol. The lowest BCUT2D eigenvalue weighted by Gasteiger charge is -2.13. The summed E-state index contributed by atoms with van der Waals surface area (Å²) in [6.07, 6.45) is 3.87. The lowest BCUT2D eigenvalue weighted by Crippen LogP contribution is -2.27. The van der Waals surface area contributed by atoms with E-state index in [4.69, 9.17) is 10.2 Å². The van der Waals surface area contributed by atoms with Gasteiger partial charge in [0, 0.05) is 24.1 Å². The highest BCUT2D eigenvalue weighted by Gasteiger charge is 2.27. The summed E-state index contributed by atoms with van der Waals surface area (Å²) in [6.45, 7) is 5.72. The number of furan rings is 1. The number of hydrogen-bond donors (Lipinski definition) is 3. The van der Waals surface area contributed by atoms with Gasteiger partial charge in [0.1, 0.15) is 5.76 Å². The number of amides is 3. The smallest absolute Gasteiger partial charge is 0.332 e. The summed E-state index contributed by atoms with van der Waals surface area (Å²) in [5.41, 5.74) is 9.44. The van der Waals surface area contributed by atoms with Gasteiger partial charge in [-0.1, -0.05) is 6.08 Å². The number of nitrogens with one attached hydrogen (secondary N) is 2. The Labute approximate surface area is 122 Å². The average molecular weight is 290 g/mol. The van der Waals surface area contributed by atoms with Crippen LogP contribution in [0, 0.1) is 6.92 Å². The number of nitrogens with zero attached hydrogens (tertiary/aromatic N) is 1. The number of carbonyl (C=O) groups is 2. The molecule has 0 unspecified atom stereocenters. The van der Waals surface area contributed by atoms with E-state index in [1.165, 1.54) is 0 Å². The minimum atomic E-state index is -0.722. The van der Waals surface area contributed by atoms with E-state index in [9.17, 15) is 9.59 Å². The van der Waals surface area contributed by atoms with Gasteiger partial charge in [-0.05, 0) is 19.8 Å². The largest absolute Gasteiger partial charge is 0.455 e. The molecule has 112 valence electrons. The quantitative estimate of drug-likeness (QED) is 0.572. The Hall–Kier alpha value is -2.57. The summed E-state index contributed by atoms with van der Waals surface area (Å²) in [5, 5.41) is 6.69. The molecule has 1 aliphatic carbocycles. The fourth-order valence-corrected chi connectivity index (χ4v) is 2.36. The van der Waals surface area contributed by atoms with E-state index in [0.29, 0.717) is 24.4 Å². The fourth-order valence-electron chi connectivity index (χ4n) is 2.36. The Kier molecular flexibility index (Phi) is 4.42. The van der Waals surface area contributed by atoms with Crippen LogP contribution in [0.2, 0.25) is 0 Å². The van der Waals surface area contributed by atoms with Crippen LogP contribution in [0.25, 0.3) is 0 Å². The molecule has 1 aromatic heterocycles. The molecule has 3 amide bonds. The van der Waals surface area contributed by atoms with Crippen molar-refractivity contribution < 1.29 is 14.0 Å². The van der Waals surface area contributed by atoms with Crippen molar-refractivity contribution in [2.45, 2.75) is 26.2 Å². The highest BCUT2D eigenvalue weighted by molar-refractivity contribution is 6.06. The number of aryl methyl sites for hydroxylation is 1. The van der Waals surface area contributed by atoms with Crippen LogP contribution in [0.3, 0.4) is 0 Å². The van der Waals surface area contributed by atoms with Crippen LogP contribution in [0.5, 0.6) is 0 Å². The molecule has 21 heavy (non-hydrogen) atoms. The van der Waals surface area contributed by atoms with Crippen LogP contribution in [-0.2, 0) is 6.42 Å². The number of primary amides is 1. The number of carbonyl (C=O) groups excluding carboxylic acids is 2. The number of fused-ring (bicyclic) bond motifs is 1. The van der Waals surface area contributed by atoms with Gasteiger partial charge in [0.15, 0.2) is 5.76 Å². The van der Waals surface area contributed by atoms with Gasteiger partial charge in [-0.15, -0.1) is 6.58 Å². The second-order valence-corrected chi connectivity index (χ2v) is 4.74. The summed E-state index contributed by atoms with van der Waals surface area (Å²) in [5.74, 6) is 0.701. The van der Waals surface area contributed by atoms with Crippen LogP contribution in [0.1, 0.15) is 40.3 Å². The summed E-state index contributed by atoms with van der Waals surface area (Å²) in [4.78, 5) is 22.8. The molecule has 1 heterocycles. The molecule has 4 N–H and O–H groups in total. The van der Waals surface area contributed by atoms with Crippen molar-refractivity contribution in [3.63, 3.8) is 0 Å². The van der Waals surface area contributed by atoms with E-state index in [-0.39, 0.29) is 11.7 Å². The van der Waals surface area contributed by atoms with Gasteiger partial charge in [-0.3, -0.25) is 4.79 Å². The van der Waals surface area contributed by atoms with Crippen molar-refractivity contribution >= 4 is 17.6 Å². The molecule has 0 saturated heterocycles. The highest BCUT2D eigenvalue weighted by atomic mass is 16.4. The predicted octanol–water partition coefficient (Wildman–Crippen LogP) is 1.21. The molecule has 0 fully saturated rings. The summed E-state index contributed by atoms with van der Waals surface area (Å²) in [7, 11) is 0. The maximum atomic E-state index is 12.0. The number of nitrogens with two attached hydrogens (primary N) is 1. The molecule has 0 bridgehead atoms. The van der Waals surface area contributed by atoms with E-state index >= 15 is 0 Å². The molecule has 2 rings (SSSR count). The molecule has 0 atom stereocenters. The molecular formula is C14H18N4O3. The second kappa shape index (κ2) is 6.25. The van der Waals surface area contributed by atoms with Crippen molar-refractivity contribution in [2.75, 3.05) is 6.54 Å². The Balaban J connectivity index is 2.34. The Morgan fingerprint density at radius 1 is 1.48 bits per heavy atom. The summed E-state index contributed by atoms with van der Waals surface area (Å²) < 4.78 is 5.66. The van der Waals surface area contributed by atoms with E-state index in [1.807, 2.05) is 0 Å². The van der Waals surface area contributed by atoms with Crippen molar-refractivity contribution in [3.8, 4) is 0 Å². The first kappa shape index (κ1) is 14.8. The van der Waals surface area contributed by atoms with Gasteiger partial charge >= 0.3 is 6.03 Å². The van der Waals surface area contributed by atoms with Crippen LogP contribution in [-0.4, -0.2) is 24.2 Å². The third-order valence-electron chi connectivity index (χ3n) is 3.24. The standard InChI is InChI=1S/C14H18N4O3/c1-3-7-16-13(19)12-8(2)11-9(17-18-14(15)20)5-4-6-10(11)21-12/h3H,1,4-7H2,2H3,(H,16,19)(H3,15,18,20)/b17-9+. The summed E-state index contributed by atoms with van der Waals surface area (Å²) >= 11 is 0. The Morgan fingerprint density at radius 2 is 2.24 bits per heavy atom. The third-order valence-corrected chi connectivity index (χ3v) is 3.24. The van der Waals surface area contributed by atoms with Gasteiger partial charge in [0.2, 0.25) is 0 Å². The van der Waals surface area contributed by atoms with Crippen molar-refractivity contribution in [3.05, 3.63) is 35.3 Å². The maximum Gasteiger partial charge on any atom is 0.332 e. The maximum absolute atomic E-state index is 12.0. The molecule has 0 saturated carbocycles. The zero-order valence-electron chi connectivity index (χ0n) is 11.9. The van der Waals surface area contributed by atoms with Crippen LogP contribution in [0.4, 0.5) is 4.79 Å². The van der Waals surface area contributed by atoms with Gasteiger partial charge in [-0.25, -0.2) is 10.2 Å².